The molecule has 1 heterocycles. The van der Waals surface area contributed by atoms with Crippen molar-refractivity contribution >= 4 is 11.3 Å². The molecule has 0 saturated heterocycles. The van der Waals surface area contributed by atoms with Crippen molar-refractivity contribution in [2.24, 2.45) is 0 Å². The van der Waals surface area contributed by atoms with Gasteiger partial charge in [-0.25, -0.2) is 0 Å². The van der Waals surface area contributed by atoms with E-state index in [0.717, 1.165) is 6.42 Å². The fraction of sp³-hybridized carbons (Fsp3) is 0.625. The number of nitrogens with one attached hydrogen (secondary N) is 1. The van der Waals surface area contributed by atoms with E-state index in [4.69, 9.17) is 0 Å². The Balaban J connectivity index is 2.52. The van der Waals surface area contributed by atoms with Crippen LogP contribution in [0, 0.1) is 0 Å². The molecule has 1 N–H and O–H groups in total. The van der Waals surface area contributed by atoms with E-state index >= 15 is 0 Å². The molecule has 0 radical (unpaired) electrons. The minimum Gasteiger partial charge on any atom is -0.316 e. The molecule has 60 valence electrons. The van der Waals surface area contributed by atoms with E-state index in [1.54, 1.807) is 0 Å². The Morgan fingerprint density at radius 2 is 2.45 bits per heavy atom. The molecule has 3 heteroatoms. The van der Waals surface area contributed by atoms with Gasteiger partial charge in [-0.2, -0.15) is 0 Å². The maximum Gasteiger partial charge on any atom is 0.304 e. The first-order chi connectivity index (χ1) is 5.27. The molecule has 2 rings (SSSR count). The number of thiazole rings is 1. The lowest BCUT2D eigenvalue weighted by atomic mass is 9.93. The van der Waals surface area contributed by atoms with Crippen molar-refractivity contribution in [1.82, 2.24) is 4.98 Å². The summed E-state index contributed by atoms with van der Waals surface area (Å²) in [5.74, 6) is 0.567. The molecule has 0 saturated carbocycles. The Morgan fingerprint density at radius 3 is 3.18 bits per heavy atom. The third kappa shape index (κ3) is 1.13. The molecule has 0 fully saturated rings. The average Bonchev–Trinajstić information content (AvgIpc) is 2.31. The van der Waals surface area contributed by atoms with E-state index in [9.17, 15) is 4.79 Å². The van der Waals surface area contributed by atoms with Gasteiger partial charge in [-0.3, -0.25) is 4.79 Å². The Kier molecular flexibility index (Phi) is 1.60. The molecule has 1 atom stereocenters. The van der Waals surface area contributed by atoms with Gasteiger partial charge >= 0.3 is 4.87 Å². The Morgan fingerprint density at radius 1 is 1.64 bits per heavy atom. The molecule has 1 aliphatic carbocycles. The van der Waals surface area contributed by atoms with Crippen LogP contribution in [0.3, 0.4) is 0 Å². The summed E-state index contributed by atoms with van der Waals surface area (Å²) in [6.07, 6.45) is 3.56. The summed E-state index contributed by atoms with van der Waals surface area (Å²) in [5, 5.41) is 0. The number of aromatic amines is 1. The number of aryl methyl sites for hydroxylation is 1. The second-order valence-electron chi connectivity index (χ2n) is 3.14. The summed E-state index contributed by atoms with van der Waals surface area (Å²) in [6, 6.07) is 0. The highest BCUT2D eigenvalue weighted by atomic mass is 32.1. The highest BCUT2D eigenvalue weighted by molar-refractivity contribution is 7.09. The van der Waals surface area contributed by atoms with Crippen LogP contribution in [-0.2, 0) is 6.42 Å². The van der Waals surface area contributed by atoms with Crippen LogP contribution in [0.2, 0.25) is 0 Å². The summed E-state index contributed by atoms with van der Waals surface area (Å²) in [5.41, 5.74) is 1.20. The van der Waals surface area contributed by atoms with Crippen molar-refractivity contribution in [3.05, 3.63) is 20.2 Å². The van der Waals surface area contributed by atoms with Gasteiger partial charge in [-0.15, -0.1) is 0 Å². The fourth-order valence-corrected chi connectivity index (χ4v) is 2.66. The van der Waals surface area contributed by atoms with Crippen LogP contribution in [0.1, 0.15) is 36.3 Å². The van der Waals surface area contributed by atoms with Crippen molar-refractivity contribution in [2.75, 3.05) is 0 Å². The fourth-order valence-electron chi connectivity index (χ4n) is 1.67. The molecule has 1 aromatic heterocycles. The maximum absolute atomic E-state index is 11.0. The van der Waals surface area contributed by atoms with Gasteiger partial charge in [-0.1, -0.05) is 18.3 Å². The molecular formula is C8H11NOS. The summed E-state index contributed by atoms with van der Waals surface area (Å²) in [6.45, 7) is 2.18. The third-order valence-corrected chi connectivity index (χ3v) is 3.24. The van der Waals surface area contributed by atoms with Crippen LogP contribution in [-0.4, -0.2) is 4.98 Å². The van der Waals surface area contributed by atoms with Crippen molar-refractivity contribution < 1.29 is 0 Å². The molecule has 0 aliphatic heterocycles. The van der Waals surface area contributed by atoms with Gasteiger partial charge in [0.15, 0.2) is 0 Å². The van der Waals surface area contributed by atoms with Gasteiger partial charge in [-0.05, 0) is 25.2 Å². The molecule has 0 bridgehead atoms. The predicted octanol–water partition coefficient (Wildman–Crippen LogP) is 1.88. The first kappa shape index (κ1) is 7.10. The van der Waals surface area contributed by atoms with Crippen LogP contribution < -0.4 is 4.87 Å². The minimum absolute atomic E-state index is 0.115. The van der Waals surface area contributed by atoms with Crippen molar-refractivity contribution in [3.63, 3.8) is 0 Å². The van der Waals surface area contributed by atoms with Crippen LogP contribution in [0.5, 0.6) is 0 Å². The Hall–Kier alpha value is -0.570. The first-order valence-corrected chi connectivity index (χ1v) is 4.81. The zero-order chi connectivity index (χ0) is 7.84. The minimum atomic E-state index is 0.115. The van der Waals surface area contributed by atoms with E-state index < -0.39 is 0 Å². The molecule has 0 amide bonds. The van der Waals surface area contributed by atoms with Crippen LogP contribution in [0.15, 0.2) is 4.79 Å². The van der Waals surface area contributed by atoms with E-state index in [1.807, 2.05) is 0 Å². The average molecular weight is 169 g/mol. The van der Waals surface area contributed by atoms with E-state index in [-0.39, 0.29) is 4.87 Å². The number of H-pyrrole nitrogens is 1. The molecule has 1 unspecified atom stereocenters. The molecular weight excluding hydrogens is 158 g/mol. The summed E-state index contributed by atoms with van der Waals surface area (Å²) in [4.78, 5) is 15.3. The van der Waals surface area contributed by atoms with Crippen LogP contribution in [0.25, 0.3) is 0 Å². The summed E-state index contributed by atoms with van der Waals surface area (Å²) < 4.78 is 0. The maximum atomic E-state index is 11.0. The lowest BCUT2D eigenvalue weighted by Gasteiger charge is -2.16. The van der Waals surface area contributed by atoms with Crippen molar-refractivity contribution in [3.8, 4) is 0 Å². The lowest BCUT2D eigenvalue weighted by molar-refractivity contribution is 0.583. The molecule has 0 spiro atoms. The number of hydrogen-bond acceptors (Lipinski definition) is 2. The zero-order valence-corrected chi connectivity index (χ0v) is 7.33. The SMILES string of the molecule is CC1CCCc2sc(=O)[nH]c21. The molecule has 0 aromatic carbocycles. The molecule has 2 nitrogen and oxygen atoms in total. The number of aromatic nitrogens is 1. The highest BCUT2D eigenvalue weighted by Gasteiger charge is 2.18. The second kappa shape index (κ2) is 2.48. The summed E-state index contributed by atoms with van der Waals surface area (Å²) >= 11 is 1.38. The van der Waals surface area contributed by atoms with Gasteiger partial charge in [0, 0.05) is 10.6 Å². The number of rotatable bonds is 0. The smallest absolute Gasteiger partial charge is 0.304 e. The van der Waals surface area contributed by atoms with Crippen molar-refractivity contribution in [1.29, 1.82) is 0 Å². The monoisotopic (exact) mass is 169 g/mol. The van der Waals surface area contributed by atoms with E-state index in [2.05, 4.69) is 11.9 Å². The summed E-state index contributed by atoms with van der Waals surface area (Å²) in [7, 11) is 0. The number of hydrogen-bond donors (Lipinski definition) is 1. The standard InChI is InChI=1S/C8H11NOS/c1-5-3-2-4-6-7(5)9-8(10)11-6/h5H,2-4H2,1H3,(H,9,10). The lowest BCUT2D eigenvalue weighted by Crippen LogP contribution is -2.05. The first-order valence-electron chi connectivity index (χ1n) is 3.99. The largest absolute Gasteiger partial charge is 0.316 e. The quantitative estimate of drug-likeness (QED) is 0.632. The third-order valence-electron chi connectivity index (χ3n) is 2.29. The van der Waals surface area contributed by atoms with Crippen molar-refractivity contribution in [2.45, 2.75) is 32.1 Å². The molecule has 11 heavy (non-hydrogen) atoms. The van der Waals surface area contributed by atoms with Crippen LogP contribution in [0.4, 0.5) is 0 Å². The second-order valence-corrected chi connectivity index (χ2v) is 4.21. The normalized spacial score (nSPS) is 23.2. The predicted molar refractivity (Wildman–Crippen MR) is 46.3 cm³/mol. The Bertz CT molecular complexity index is 312. The van der Waals surface area contributed by atoms with Gasteiger partial charge < -0.3 is 4.98 Å². The van der Waals surface area contributed by atoms with E-state index in [0.29, 0.717) is 5.92 Å². The molecule has 1 aromatic rings. The van der Waals surface area contributed by atoms with Gasteiger partial charge in [0.05, 0.1) is 0 Å². The van der Waals surface area contributed by atoms with Gasteiger partial charge in [0.25, 0.3) is 0 Å². The van der Waals surface area contributed by atoms with Gasteiger partial charge in [0.1, 0.15) is 0 Å². The van der Waals surface area contributed by atoms with Crippen LogP contribution >= 0.6 is 11.3 Å². The number of fused-ring (bicyclic) bond motifs is 1. The van der Waals surface area contributed by atoms with Gasteiger partial charge in [0.2, 0.25) is 0 Å². The topological polar surface area (TPSA) is 32.9 Å². The molecule has 1 aliphatic rings. The highest BCUT2D eigenvalue weighted by Crippen LogP contribution is 2.30. The zero-order valence-electron chi connectivity index (χ0n) is 6.52. The van der Waals surface area contributed by atoms with E-state index in [1.165, 1.54) is 34.7 Å². The Labute approximate surface area is 69.3 Å².